The van der Waals surface area contributed by atoms with Crippen LogP contribution >= 0.6 is 27.5 Å². The van der Waals surface area contributed by atoms with Gasteiger partial charge in [0.15, 0.2) is 0 Å². The van der Waals surface area contributed by atoms with Crippen LogP contribution in [0.4, 0.5) is 0 Å². The first-order valence-corrected chi connectivity index (χ1v) is 7.32. The Hall–Kier alpha value is -0.580. The van der Waals surface area contributed by atoms with E-state index in [0.717, 1.165) is 10.9 Å². The first-order chi connectivity index (χ1) is 8.87. The van der Waals surface area contributed by atoms with Gasteiger partial charge in [-0.15, -0.1) is 0 Å². The zero-order chi connectivity index (χ0) is 14.2. The number of rotatable bonds is 3. The maximum Gasteiger partial charge on any atom is 0.253 e. The van der Waals surface area contributed by atoms with E-state index in [-0.39, 0.29) is 23.5 Å². The van der Waals surface area contributed by atoms with Gasteiger partial charge in [-0.1, -0.05) is 31.5 Å². The van der Waals surface area contributed by atoms with Crippen molar-refractivity contribution in [2.75, 3.05) is 7.11 Å². The molecule has 1 N–H and O–H groups in total. The quantitative estimate of drug-likeness (QED) is 0.907. The van der Waals surface area contributed by atoms with Gasteiger partial charge < -0.3 is 10.1 Å². The van der Waals surface area contributed by atoms with Crippen molar-refractivity contribution in [1.29, 1.82) is 0 Å². The average Bonchev–Trinajstić information content (AvgIpc) is 2.37. The van der Waals surface area contributed by atoms with Gasteiger partial charge in [-0.2, -0.15) is 0 Å². The topological polar surface area (TPSA) is 38.3 Å². The van der Waals surface area contributed by atoms with E-state index in [1.165, 1.54) is 0 Å². The highest BCUT2D eigenvalue weighted by Crippen LogP contribution is 2.42. The Morgan fingerprint density at radius 2 is 2.21 bits per heavy atom. The van der Waals surface area contributed by atoms with Gasteiger partial charge in [-0.3, -0.25) is 4.79 Å². The smallest absolute Gasteiger partial charge is 0.253 e. The standard InChI is InChI=1S/C14H17BrClNO2/c1-14(2)10(7-11(14)19-3)17-13(18)8-5-4-6-9(15)12(8)16/h4-6,10-11H,7H2,1-3H3,(H,17,18). The molecular formula is C14H17BrClNO2. The lowest BCUT2D eigenvalue weighted by Gasteiger charge is -2.51. The second-order valence-electron chi connectivity index (χ2n) is 5.41. The second-order valence-corrected chi connectivity index (χ2v) is 6.64. The number of halogens is 2. The molecule has 19 heavy (non-hydrogen) atoms. The monoisotopic (exact) mass is 345 g/mol. The van der Waals surface area contributed by atoms with E-state index in [1.54, 1.807) is 19.2 Å². The largest absolute Gasteiger partial charge is 0.381 e. The molecule has 0 saturated heterocycles. The Morgan fingerprint density at radius 1 is 1.53 bits per heavy atom. The summed E-state index contributed by atoms with van der Waals surface area (Å²) in [6.07, 6.45) is 1.02. The highest BCUT2D eigenvalue weighted by Gasteiger charge is 2.49. The maximum atomic E-state index is 12.2. The van der Waals surface area contributed by atoms with Crippen LogP contribution in [0.15, 0.2) is 22.7 Å². The predicted octanol–water partition coefficient (Wildman–Crippen LogP) is 3.65. The summed E-state index contributed by atoms with van der Waals surface area (Å²) >= 11 is 9.45. The van der Waals surface area contributed by atoms with Crippen LogP contribution < -0.4 is 5.32 Å². The van der Waals surface area contributed by atoms with Crippen molar-refractivity contribution < 1.29 is 9.53 Å². The number of nitrogens with one attached hydrogen (secondary N) is 1. The highest BCUT2D eigenvalue weighted by atomic mass is 79.9. The summed E-state index contributed by atoms with van der Waals surface area (Å²) in [6, 6.07) is 5.45. The van der Waals surface area contributed by atoms with Gasteiger partial charge in [0, 0.05) is 23.0 Å². The zero-order valence-electron chi connectivity index (χ0n) is 11.2. The lowest BCUT2D eigenvalue weighted by molar-refractivity contribution is -0.0942. The number of methoxy groups -OCH3 is 1. The van der Waals surface area contributed by atoms with E-state index in [2.05, 4.69) is 35.1 Å². The molecule has 0 heterocycles. The fourth-order valence-corrected chi connectivity index (χ4v) is 3.02. The molecule has 1 aromatic rings. The molecule has 3 nitrogen and oxygen atoms in total. The summed E-state index contributed by atoms with van der Waals surface area (Å²) in [5.41, 5.74) is 0.441. The van der Waals surface area contributed by atoms with Gasteiger partial charge in [-0.25, -0.2) is 0 Å². The molecule has 1 aromatic carbocycles. The molecule has 0 aromatic heterocycles. The first kappa shape index (κ1) is 14.8. The average molecular weight is 347 g/mol. The molecule has 2 unspecified atom stereocenters. The molecule has 1 fully saturated rings. The molecule has 0 bridgehead atoms. The van der Waals surface area contributed by atoms with E-state index < -0.39 is 0 Å². The van der Waals surface area contributed by atoms with Crippen LogP contribution in [-0.4, -0.2) is 25.2 Å². The number of benzene rings is 1. The van der Waals surface area contributed by atoms with Crippen LogP contribution in [0.1, 0.15) is 30.6 Å². The molecule has 1 amide bonds. The van der Waals surface area contributed by atoms with Gasteiger partial charge in [-0.05, 0) is 34.5 Å². The van der Waals surface area contributed by atoms with E-state index in [0.29, 0.717) is 10.6 Å². The van der Waals surface area contributed by atoms with Crippen molar-refractivity contribution in [3.05, 3.63) is 33.3 Å². The lowest BCUT2D eigenvalue weighted by Crippen LogP contribution is -2.61. The minimum absolute atomic E-state index is 0.0527. The third-order valence-corrected chi connectivity index (χ3v) is 5.26. The van der Waals surface area contributed by atoms with Gasteiger partial charge in [0.25, 0.3) is 5.91 Å². The van der Waals surface area contributed by atoms with Crippen molar-refractivity contribution in [3.63, 3.8) is 0 Å². The number of carbonyl (C=O) groups is 1. The SMILES string of the molecule is COC1CC(NC(=O)c2cccc(Br)c2Cl)C1(C)C. The van der Waals surface area contributed by atoms with E-state index in [1.807, 2.05) is 6.07 Å². The Morgan fingerprint density at radius 3 is 2.79 bits per heavy atom. The Balaban J connectivity index is 2.09. The van der Waals surface area contributed by atoms with E-state index in [4.69, 9.17) is 16.3 Å². The summed E-state index contributed by atoms with van der Waals surface area (Å²) in [5, 5.41) is 3.48. The number of hydrogen-bond acceptors (Lipinski definition) is 2. The van der Waals surface area contributed by atoms with Crippen LogP contribution in [0.25, 0.3) is 0 Å². The van der Waals surface area contributed by atoms with Crippen molar-refractivity contribution in [2.45, 2.75) is 32.4 Å². The molecule has 2 rings (SSSR count). The number of ether oxygens (including phenoxy) is 1. The van der Waals surface area contributed by atoms with Gasteiger partial charge >= 0.3 is 0 Å². The molecule has 0 radical (unpaired) electrons. The van der Waals surface area contributed by atoms with Crippen molar-refractivity contribution in [1.82, 2.24) is 5.32 Å². The number of hydrogen-bond donors (Lipinski definition) is 1. The van der Waals surface area contributed by atoms with Gasteiger partial charge in [0.2, 0.25) is 0 Å². The van der Waals surface area contributed by atoms with Gasteiger partial charge in [0.1, 0.15) is 0 Å². The second kappa shape index (κ2) is 5.43. The molecular weight excluding hydrogens is 330 g/mol. The molecule has 5 heteroatoms. The lowest BCUT2D eigenvalue weighted by atomic mass is 9.64. The minimum atomic E-state index is -0.140. The Bertz CT molecular complexity index is 504. The maximum absolute atomic E-state index is 12.2. The van der Waals surface area contributed by atoms with Crippen LogP contribution in [0, 0.1) is 5.41 Å². The molecule has 2 atom stereocenters. The normalized spacial score (nSPS) is 24.7. The van der Waals surface area contributed by atoms with E-state index >= 15 is 0 Å². The fourth-order valence-electron chi connectivity index (χ4n) is 2.45. The third-order valence-electron chi connectivity index (χ3n) is 3.96. The molecule has 1 aliphatic rings. The molecule has 0 spiro atoms. The van der Waals surface area contributed by atoms with Crippen molar-refractivity contribution in [3.8, 4) is 0 Å². The summed E-state index contributed by atoms with van der Waals surface area (Å²) in [4.78, 5) is 12.2. The number of amides is 1. The van der Waals surface area contributed by atoms with Crippen molar-refractivity contribution >= 4 is 33.4 Å². The molecule has 0 aliphatic heterocycles. The highest BCUT2D eigenvalue weighted by molar-refractivity contribution is 9.10. The summed E-state index contributed by atoms with van der Waals surface area (Å²) < 4.78 is 6.10. The fraction of sp³-hybridized carbons (Fsp3) is 0.500. The summed E-state index contributed by atoms with van der Waals surface area (Å²) in [6.45, 7) is 4.19. The first-order valence-electron chi connectivity index (χ1n) is 6.15. The van der Waals surface area contributed by atoms with Crippen LogP contribution in [-0.2, 0) is 4.74 Å². The van der Waals surface area contributed by atoms with Gasteiger partial charge in [0.05, 0.1) is 16.7 Å². The molecule has 1 saturated carbocycles. The number of carbonyl (C=O) groups excluding carboxylic acids is 1. The molecule has 104 valence electrons. The Kier molecular flexibility index (Phi) is 4.23. The minimum Gasteiger partial charge on any atom is -0.381 e. The zero-order valence-corrected chi connectivity index (χ0v) is 13.5. The summed E-state index contributed by atoms with van der Waals surface area (Å²) in [7, 11) is 1.70. The summed E-state index contributed by atoms with van der Waals surface area (Å²) in [5.74, 6) is -0.140. The molecule has 1 aliphatic carbocycles. The van der Waals surface area contributed by atoms with Crippen LogP contribution in [0.2, 0.25) is 5.02 Å². The van der Waals surface area contributed by atoms with E-state index in [9.17, 15) is 4.79 Å². The Labute approximate surface area is 126 Å². The van der Waals surface area contributed by atoms with Crippen LogP contribution in [0.5, 0.6) is 0 Å². The third kappa shape index (κ3) is 2.67. The van der Waals surface area contributed by atoms with Crippen molar-refractivity contribution in [2.24, 2.45) is 5.41 Å². The predicted molar refractivity (Wildman–Crippen MR) is 79.6 cm³/mol. The van der Waals surface area contributed by atoms with Crippen LogP contribution in [0.3, 0.4) is 0 Å².